The number of alkyl halides is 2. The predicted molar refractivity (Wildman–Crippen MR) is 56.5 cm³/mol. The quantitative estimate of drug-likeness (QED) is 0.471. The molecule has 0 aliphatic rings. The van der Waals surface area contributed by atoms with Crippen LogP contribution in [-0.2, 0) is 4.74 Å². The fourth-order valence-electron chi connectivity index (χ4n) is 1.44. The number of hydrogen-bond donors (Lipinski definition) is 0. The van der Waals surface area contributed by atoms with Crippen molar-refractivity contribution in [1.29, 1.82) is 0 Å². The Kier molecular flexibility index (Phi) is 4.24. The summed E-state index contributed by atoms with van der Waals surface area (Å²) in [5.41, 5.74) is -1.39. The lowest BCUT2D eigenvalue weighted by atomic mass is 10.0. The summed E-state index contributed by atoms with van der Waals surface area (Å²) in [6.07, 6.45) is -2.33. The van der Waals surface area contributed by atoms with Gasteiger partial charge in [-0.3, -0.25) is 0 Å². The van der Waals surface area contributed by atoms with E-state index >= 15 is 0 Å². The molecule has 0 unspecified atom stereocenters. The van der Waals surface area contributed by atoms with Crippen LogP contribution in [0.1, 0.15) is 34.8 Å². The van der Waals surface area contributed by atoms with Gasteiger partial charge in [0.05, 0.1) is 23.3 Å². The summed E-state index contributed by atoms with van der Waals surface area (Å²) in [7, 11) is 0. The molecule has 18 heavy (non-hydrogen) atoms. The molecule has 0 spiro atoms. The minimum atomic E-state index is -2.96. The van der Waals surface area contributed by atoms with Gasteiger partial charge in [0.1, 0.15) is 6.20 Å². The standard InChI is InChI=1S/C10H10F2N2O4/c1-3-18-10(15)7-5(2)9(14(16)17)13-4-6(7)8(11)12/h4,8H,3H2,1-2H3. The molecule has 98 valence electrons. The first-order chi connectivity index (χ1) is 8.40. The highest BCUT2D eigenvalue weighted by molar-refractivity contribution is 5.93. The van der Waals surface area contributed by atoms with E-state index in [1.807, 2.05) is 0 Å². The monoisotopic (exact) mass is 260 g/mol. The Bertz CT molecular complexity index is 491. The van der Waals surface area contributed by atoms with Crippen LogP contribution in [0.4, 0.5) is 14.6 Å². The van der Waals surface area contributed by atoms with E-state index in [-0.39, 0.29) is 12.2 Å². The van der Waals surface area contributed by atoms with Crippen molar-refractivity contribution < 1.29 is 23.2 Å². The number of hydrogen-bond acceptors (Lipinski definition) is 5. The molecule has 0 fully saturated rings. The van der Waals surface area contributed by atoms with Crippen LogP contribution in [0.3, 0.4) is 0 Å². The smallest absolute Gasteiger partial charge is 0.367 e. The van der Waals surface area contributed by atoms with Gasteiger partial charge in [-0.05, 0) is 23.8 Å². The van der Waals surface area contributed by atoms with E-state index in [1.165, 1.54) is 13.8 Å². The van der Waals surface area contributed by atoms with Gasteiger partial charge in [0.15, 0.2) is 0 Å². The number of carbonyl (C=O) groups is 1. The molecular weight excluding hydrogens is 250 g/mol. The molecule has 1 aromatic rings. The van der Waals surface area contributed by atoms with Crippen LogP contribution in [0.15, 0.2) is 6.20 Å². The fourth-order valence-corrected chi connectivity index (χ4v) is 1.44. The lowest BCUT2D eigenvalue weighted by Gasteiger charge is -2.09. The highest BCUT2D eigenvalue weighted by Gasteiger charge is 2.29. The molecule has 1 heterocycles. The lowest BCUT2D eigenvalue weighted by molar-refractivity contribution is -0.390. The second-order valence-electron chi connectivity index (χ2n) is 3.32. The lowest BCUT2D eigenvalue weighted by Crippen LogP contribution is -2.13. The number of rotatable bonds is 4. The Labute approximate surface area is 101 Å². The Hall–Kier alpha value is -2.12. The topological polar surface area (TPSA) is 82.3 Å². The third-order valence-electron chi connectivity index (χ3n) is 2.21. The maximum atomic E-state index is 12.7. The molecule has 1 aromatic heterocycles. The number of carbonyl (C=O) groups excluding carboxylic acids is 1. The van der Waals surface area contributed by atoms with E-state index in [0.29, 0.717) is 6.20 Å². The first-order valence-electron chi connectivity index (χ1n) is 4.99. The highest BCUT2D eigenvalue weighted by atomic mass is 19.3. The molecule has 0 amide bonds. The second kappa shape index (κ2) is 5.48. The van der Waals surface area contributed by atoms with Crippen LogP contribution >= 0.6 is 0 Å². The molecule has 0 radical (unpaired) electrons. The van der Waals surface area contributed by atoms with Crippen molar-refractivity contribution >= 4 is 11.8 Å². The molecule has 0 N–H and O–H groups in total. The van der Waals surface area contributed by atoms with Crippen LogP contribution in [0.25, 0.3) is 0 Å². The van der Waals surface area contributed by atoms with Crippen molar-refractivity contribution in [3.63, 3.8) is 0 Å². The fraction of sp³-hybridized carbons (Fsp3) is 0.400. The van der Waals surface area contributed by atoms with Crippen LogP contribution in [0, 0.1) is 17.0 Å². The number of esters is 1. The number of nitrogens with zero attached hydrogens (tertiary/aromatic N) is 2. The van der Waals surface area contributed by atoms with E-state index in [9.17, 15) is 23.7 Å². The van der Waals surface area contributed by atoms with Crippen molar-refractivity contribution in [2.45, 2.75) is 20.3 Å². The van der Waals surface area contributed by atoms with E-state index in [4.69, 9.17) is 0 Å². The normalized spacial score (nSPS) is 10.5. The van der Waals surface area contributed by atoms with Gasteiger partial charge in [-0.25, -0.2) is 13.6 Å². The number of ether oxygens (including phenoxy) is 1. The molecular formula is C10H10F2N2O4. The van der Waals surface area contributed by atoms with Gasteiger partial charge >= 0.3 is 11.8 Å². The summed E-state index contributed by atoms with van der Waals surface area (Å²) in [6, 6.07) is 0. The summed E-state index contributed by atoms with van der Waals surface area (Å²) in [5, 5.41) is 10.6. The van der Waals surface area contributed by atoms with Gasteiger partial charge in [-0.1, -0.05) is 0 Å². The third kappa shape index (κ3) is 2.58. The molecule has 0 aromatic carbocycles. The minimum absolute atomic E-state index is 0.0168. The zero-order chi connectivity index (χ0) is 13.9. The van der Waals surface area contributed by atoms with Crippen molar-refractivity contribution in [2.75, 3.05) is 6.61 Å². The first kappa shape index (κ1) is 13.9. The summed E-state index contributed by atoms with van der Waals surface area (Å²) in [5.74, 6) is -1.65. The molecule has 0 saturated carbocycles. The zero-order valence-corrected chi connectivity index (χ0v) is 9.65. The summed E-state index contributed by atoms with van der Waals surface area (Å²) in [6.45, 7) is 2.67. The second-order valence-corrected chi connectivity index (χ2v) is 3.32. The Morgan fingerprint density at radius 2 is 2.22 bits per heavy atom. The molecule has 0 atom stereocenters. The molecule has 6 nitrogen and oxygen atoms in total. The van der Waals surface area contributed by atoms with E-state index < -0.39 is 34.3 Å². The highest BCUT2D eigenvalue weighted by Crippen LogP contribution is 2.29. The predicted octanol–water partition coefficient (Wildman–Crippen LogP) is 2.41. The molecule has 0 saturated heterocycles. The molecule has 1 rings (SSSR count). The Morgan fingerprint density at radius 3 is 2.67 bits per heavy atom. The first-order valence-corrected chi connectivity index (χ1v) is 4.99. The molecule has 8 heteroatoms. The van der Waals surface area contributed by atoms with E-state index in [1.54, 1.807) is 0 Å². The summed E-state index contributed by atoms with van der Waals surface area (Å²) < 4.78 is 30.1. The van der Waals surface area contributed by atoms with E-state index in [2.05, 4.69) is 9.72 Å². The van der Waals surface area contributed by atoms with Gasteiger partial charge in [-0.2, -0.15) is 0 Å². The van der Waals surface area contributed by atoms with Crippen molar-refractivity contribution in [2.24, 2.45) is 0 Å². The van der Waals surface area contributed by atoms with Crippen LogP contribution in [0.5, 0.6) is 0 Å². The maximum Gasteiger partial charge on any atom is 0.367 e. The van der Waals surface area contributed by atoms with Gasteiger partial charge in [-0.15, -0.1) is 0 Å². The summed E-state index contributed by atoms with van der Waals surface area (Å²) in [4.78, 5) is 24.7. The molecule has 0 aliphatic carbocycles. The van der Waals surface area contributed by atoms with Crippen LogP contribution < -0.4 is 0 Å². The average molecular weight is 260 g/mol. The van der Waals surface area contributed by atoms with Gasteiger partial charge in [0.25, 0.3) is 6.43 Å². The van der Waals surface area contributed by atoms with E-state index in [0.717, 1.165) is 0 Å². The summed E-state index contributed by atoms with van der Waals surface area (Å²) >= 11 is 0. The number of pyridine rings is 1. The maximum absolute atomic E-state index is 12.7. The number of nitro groups is 1. The SMILES string of the molecule is CCOC(=O)c1c(C(F)F)cnc([N+](=O)[O-])c1C. The largest absolute Gasteiger partial charge is 0.462 e. The van der Waals surface area contributed by atoms with Crippen LogP contribution in [-0.4, -0.2) is 22.5 Å². The number of halogens is 2. The van der Waals surface area contributed by atoms with Gasteiger partial charge in [0.2, 0.25) is 0 Å². The van der Waals surface area contributed by atoms with Crippen LogP contribution in [0.2, 0.25) is 0 Å². The van der Waals surface area contributed by atoms with Gasteiger partial charge < -0.3 is 14.9 Å². The Morgan fingerprint density at radius 1 is 1.61 bits per heavy atom. The van der Waals surface area contributed by atoms with Crippen molar-refractivity contribution in [3.05, 3.63) is 33.0 Å². The Balaban J connectivity index is 3.45. The molecule has 0 aliphatic heterocycles. The van der Waals surface area contributed by atoms with Crippen molar-refractivity contribution in [1.82, 2.24) is 4.98 Å². The number of aromatic nitrogens is 1. The van der Waals surface area contributed by atoms with Gasteiger partial charge in [0, 0.05) is 0 Å². The molecule has 0 bridgehead atoms. The zero-order valence-electron chi connectivity index (χ0n) is 9.65. The average Bonchev–Trinajstić information content (AvgIpc) is 2.27. The minimum Gasteiger partial charge on any atom is -0.462 e. The van der Waals surface area contributed by atoms with Crippen molar-refractivity contribution in [3.8, 4) is 0 Å². The third-order valence-corrected chi connectivity index (χ3v) is 2.21.